The zero-order valence-electron chi connectivity index (χ0n) is 13.9. The van der Waals surface area contributed by atoms with Crippen molar-refractivity contribution >= 4 is 32.0 Å². The molecule has 1 aliphatic rings. The van der Waals surface area contributed by atoms with Crippen molar-refractivity contribution in [1.82, 2.24) is 9.21 Å². The van der Waals surface area contributed by atoms with Gasteiger partial charge in [0.25, 0.3) is 0 Å². The van der Waals surface area contributed by atoms with Gasteiger partial charge in [-0.25, -0.2) is 8.42 Å². The normalized spacial score (nSPS) is 17.2. The molecule has 0 saturated carbocycles. The highest BCUT2D eigenvalue weighted by Gasteiger charge is 2.28. The summed E-state index contributed by atoms with van der Waals surface area (Å²) >= 11 is 3.34. The molecule has 4 nitrogen and oxygen atoms in total. The van der Waals surface area contributed by atoms with Crippen LogP contribution in [0, 0.1) is 0 Å². The number of sulfonamides is 1. The molecule has 0 amide bonds. The molecular weight excluding hydrogens is 400 g/mol. The molecule has 6 heteroatoms. The molecule has 0 N–H and O–H groups in total. The second kappa shape index (κ2) is 8.27. The van der Waals surface area contributed by atoms with Gasteiger partial charge in [-0.2, -0.15) is 4.31 Å². The Balaban J connectivity index is 1.56. The van der Waals surface area contributed by atoms with Crippen LogP contribution >= 0.6 is 15.9 Å². The van der Waals surface area contributed by atoms with Crippen molar-refractivity contribution in [2.45, 2.75) is 4.90 Å². The smallest absolute Gasteiger partial charge is 0.243 e. The van der Waals surface area contributed by atoms with Gasteiger partial charge in [-0.3, -0.25) is 4.90 Å². The molecule has 0 aliphatic carbocycles. The van der Waals surface area contributed by atoms with Gasteiger partial charge in [-0.1, -0.05) is 64.5 Å². The summed E-state index contributed by atoms with van der Waals surface area (Å²) in [7, 11) is -3.41. The van der Waals surface area contributed by atoms with Crippen LogP contribution in [0.1, 0.15) is 5.56 Å². The molecule has 0 radical (unpaired) electrons. The lowest BCUT2D eigenvalue weighted by atomic mass is 10.2. The molecule has 25 heavy (non-hydrogen) atoms. The number of hydrogen-bond donors (Lipinski definition) is 0. The van der Waals surface area contributed by atoms with E-state index in [2.05, 4.69) is 45.1 Å². The minimum Gasteiger partial charge on any atom is -0.297 e. The summed E-state index contributed by atoms with van der Waals surface area (Å²) in [5, 5.41) is 0. The second-order valence-corrected chi connectivity index (χ2v) is 8.83. The quantitative estimate of drug-likeness (QED) is 0.743. The Kier molecular flexibility index (Phi) is 6.06. The average molecular weight is 421 g/mol. The highest BCUT2D eigenvalue weighted by atomic mass is 79.9. The third-order valence-electron chi connectivity index (χ3n) is 4.24. The van der Waals surface area contributed by atoms with E-state index in [4.69, 9.17) is 0 Å². The Morgan fingerprint density at radius 2 is 1.68 bits per heavy atom. The lowest BCUT2D eigenvalue weighted by molar-refractivity contribution is 0.204. The fraction of sp³-hybridized carbons (Fsp3) is 0.263. The Morgan fingerprint density at radius 3 is 2.36 bits per heavy atom. The first-order valence-corrected chi connectivity index (χ1v) is 10.5. The lowest BCUT2D eigenvalue weighted by Crippen LogP contribution is -2.48. The molecule has 0 spiro atoms. The standard InChI is InChI=1S/C19H21BrN2O2S/c20-18-9-4-10-19(16-18)25(23,24)22-14-12-21(13-15-22)11-5-8-17-6-2-1-3-7-17/h1-10,16H,11-15H2/b8-5+. The van der Waals surface area contributed by atoms with E-state index in [-0.39, 0.29) is 0 Å². The van der Waals surface area contributed by atoms with Gasteiger partial charge in [0.1, 0.15) is 0 Å². The monoisotopic (exact) mass is 420 g/mol. The summed E-state index contributed by atoms with van der Waals surface area (Å²) in [6, 6.07) is 17.1. The summed E-state index contributed by atoms with van der Waals surface area (Å²) in [4.78, 5) is 2.62. The van der Waals surface area contributed by atoms with Gasteiger partial charge >= 0.3 is 0 Å². The van der Waals surface area contributed by atoms with Gasteiger partial charge < -0.3 is 0 Å². The van der Waals surface area contributed by atoms with Crippen LogP contribution in [-0.2, 0) is 10.0 Å². The first kappa shape index (κ1) is 18.3. The maximum atomic E-state index is 12.7. The molecule has 0 unspecified atom stereocenters. The fourth-order valence-corrected chi connectivity index (χ4v) is 4.85. The molecule has 132 valence electrons. The molecule has 3 rings (SSSR count). The van der Waals surface area contributed by atoms with Crippen molar-refractivity contribution in [3.05, 3.63) is 70.7 Å². The van der Waals surface area contributed by atoms with E-state index >= 15 is 0 Å². The number of rotatable bonds is 5. The second-order valence-electron chi connectivity index (χ2n) is 5.98. The first-order chi connectivity index (χ1) is 12.1. The summed E-state index contributed by atoms with van der Waals surface area (Å²) in [5.41, 5.74) is 1.18. The van der Waals surface area contributed by atoms with Gasteiger partial charge in [0.2, 0.25) is 10.0 Å². The minimum atomic E-state index is -3.41. The van der Waals surface area contributed by atoms with Crippen molar-refractivity contribution in [2.24, 2.45) is 0 Å². The number of nitrogens with zero attached hydrogens (tertiary/aromatic N) is 2. The maximum Gasteiger partial charge on any atom is 0.243 e. The van der Waals surface area contributed by atoms with Crippen LogP contribution in [0.2, 0.25) is 0 Å². The van der Waals surface area contributed by atoms with E-state index in [1.165, 1.54) is 5.56 Å². The van der Waals surface area contributed by atoms with E-state index in [1.54, 1.807) is 22.5 Å². The van der Waals surface area contributed by atoms with Crippen molar-refractivity contribution in [3.8, 4) is 0 Å². The summed E-state index contributed by atoms with van der Waals surface area (Å²) < 4.78 is 27.8. The predicted octanol–water partition coefficient (Wildman–Crippen LogP) is 3.47. The van der Waals surface area contributed by atoms with Crippen molar-refractivity contribution in [1.29, 1.82) is 0 Å². The zero-order valence-corrected chi connectivity index (χ0v) is 16.3. The third-order valence-corrected chi connectivity index (χ3v) is 6.63. The van der Waals surface area contributed by atoms with Crippen LogP contribution in [0.4, 0.5) is 0 Å². The molecule has 0 bridgehead atoms. The molecule has 1 heterocycles. The highest BCUT2D eigenvalue weighted by Crippen LogP contribution is 2.21. The summed E-state index contributed by atoms with van der Waals surface area (Å²) in [6.45, 7) is 3.36. The Labute approximate surface area is 157 Å². The van der Waals surface area contributed by atoms with Gasteiger partial charge in [-0.15, -0.1) is 0 Å². The van der Waals surface area contributed by atoms with Gasteiger partial charge in [0.15, 0.2) is 0 Å². The van der Waals surface area contributed by atoms with E-state index in [0.29, 0.717) is 18.0 Å². The van der Waals surface area contributed by atoms with E-state index < -0.39 is 10.0 Å². The molecule has 2 aromatic rings. The predicted molar refractivity (Wildman–Crippen MR) is 105 cm³/mol. The molecular formula is C19H21BrN2O2S. The lowest BCUT2D eigenvalue weighted by Gasteiger charge is -2.33. The molecule has 0 atom stereocenters. The Morgan fingerprint density at radius 1 is 0.960 bits per heavy atom. The molecule has 2 aromatic carbocycles. The van der Waals surface area contributed by atoms with E-state index in [1.807, 2.05) is 24.3 Å². The zero-order chi connectivity index (χ0) is 17.7. The molecule has 1 fully saturated rings. The number of piperazine rings is 1. The van der Waals surface area contributed by atoms with Crippen molar-refractivity contribution in [2.75, 3.05) is 32.7 Å². The Bertz CT molecular complexity index is 830. The van der Waals surface area contributed by atoms with Crippen LogP contribution in [-0.4, -0.2) is 50.3 Å². The highest BCUT2D eigenvalue weighted by molar-refractivity contribution is 9.10. The largest absolute Gasteiger partial charge is 0.297 e. The van der Waals surface area contributed by atoms with Gasteiger partial charge in [-0.05, 0) is 23.8 Å². The van der Waals surface area contributed by atoms with Gasteiger partial charge in [0.05, 0.1) is 4.90 Å². The first-order valence-electron chi connectivity index (χ1n) is 8.25. The van der Waals surface area contributed by atoms with E-state index in [9.17, 15) is 8.42 Å². The summed E-state index contributed by atoms with van der Waals surface area (Å²) in [5.74, 6) is 0. The minimum absolute atomic E-state index is 0.347. The fourth-order valence-electron chi connectivity index (χ4n) is 2.83. The number of benzene rings is 2. The topological polar surface area (TPSA) is 40.6 Å². The van der Waals surface area contributed by atoms with Crippen molar-refractivity contribution < 1.29 is 8.42 Å². The Hall–Kier alpha value is -1.47. The van der Waals surface area contributed by atoms with Crippen LogP contribution in [0.15, 0.2) is 70.0 Å². The summed E-state index contributed by atoms with van der Waals surface area (Å²) in [6.07, 6.45) is 4.23. The SMILES string of the molecule is O=S(=O)(c1cccc(Br)c1)N1CCN(C/C=C/c2ccccc2)CC1. The maximum absolute atomic E-state index is 12.7. The van der Waals surface area contributed by atoms with Crippen molar-refractivity contribution in [3.63, 3.8) is 0 Å². The molecule has 0 aromatic heterocycles. The van der Waals surface area contributed by atoms with Crippen LogP contribution in [0.3, 0.4) is 0 Å². The van der Waals surface area contributed by atoms with Gasteiger partial charge in [0, 0.05) is 37.2 Å². The average Bonchev–Trinajstić information content (AvgIpc) is 2.63. The van der Waals surface area contributed by atoms with Crippen LogP contribution < -0.4 is 0 Å². The third kappa shape index (κ3) is 4.79. The number of halogens is 1. The van der Waals surface area contributed by atoms with Crippen LogP contribution in [0.25, 0.3) is 6.08 Å². The van der Waals surface area contributed by atoms with E-state index in [0.717, 1.165) is 24.1 Å². The molecule has 1 saturated heterocycles. The van der Waals surface area contributed by atoms with Crippen LogP contribution in [0.5, 0.6) is 0 Å². The molecule has 1 aliphatic heterocycles. The number of hydrogen-bond acceptors (Lipinski definition) is 3.